The maximum absolute atomic E-state index is 13.8. The number of hydrogen-bond acceptors (Lipinski definition) is 3. The molecule has 1 atom stereocenters. The second kappa shape index (κ2) is 9.42. The van der Waals surface area contributed by atoms with Gasteiger partial charge in [0.05, 0.1) is 11.7 Å². The lowest BCUT2D eigenvalue weighted by molar-refractivity contribution is 0.0638. The van der Waals surface area contributed by atoms with Crippen molar-refractivity contribution in [2.75, 3.05) is 19.0 Å². The van der Waals surface area contributed by atoms with Crippen LogP contribution in [-0.4, -0.2) is 42.1 Å². The summed E-state index contributed by atoms with van der Waals surface area (Å²) in [6, 6.07) is 10.2. The minimum Gasteiger partial charge on any atom is -0.388 e. The fourth-order valence-electron chi connectivity index (χ4n) is 4.00. The predicted molar refractivity (Wildman–Crippen MR) is 119 cm³/mol. The van der Waals surface area contributed by atoms with Crippen molar-refractivity contribution in [1.82, 2.24) is 4.90 Å². The van der Waals surface area contributed by atoms with E-state index in [1.165, 1.54) is 0 Å². The molecule has 0 heterocycles. The van der Waals surface area contributed by atoms with Gasteiger partial charge in [-0.1, -0.05) is 44.0 Å². The summed E-state index contributed by atoms with van der Waals surface area (Å²) in [6.45, 7) is 10.3. The molecule has 2 aromatic rings. The third-order valence-electron chi connectivity index (χ3n) is 5.29. The van der Waals surface area contributed by atoms with Crippen LogP contribution in [0.2, 0.25) is 0 Å². The van der Waals surface area contributed by atoms with Crippen molar-refractivity contribution in [3.8, 4) is 0 Å². The number of carbonyl (C=O) groups excluding carboxylic acids is 1. The monoisotopic (exact) mass is 384 g/mol. The van der Waals surface area contributed by atoms with Crippen LogP contribution in [0.3, 0.4) is 0 Å². The molecule has 0 radical (unpaired) electrons. The predicted octanol–water partition coefficient (Wildman–Crippen LogP) is 5.39. The largest absolute Gasteiger partial charge is 0.388 e. The summed E-state index contributed by atoms with van der Waals surface area (Å²) in [5.74, 6) is -0.00421. The van der Waals surface area contributed by atoms with Crippen molar-refractivity contribution < 1.29 is 9.90 Å². The van der Waals surface area contributed by atoms with Gasteiger partial charge in [0.15, 0.2) is 0 Å². The average molecular weight is 385 g/mol. The van der Waals surface area contributed by atoms with Crippen LogP contribution in [0, 0.1) is 0 Å². The zero-order chi connectivity index (χ0) is 21.0. The minimum atomic E-state index is -0.639. The highest BCUT2D eigenvalue weighted by Crippen LogP contribution is 2.36. The first kappa shape index (κ1) is 22.2. The highest BCUT2D eigenvalue weighted by Gasteiger charge is 2.28. The molecule has 4 heteroatoms. The molecule has 2 aromatic carbocycles. The SMILES string of the molecule is CCCCC(O)c1ccc2cccc(N(C)C)c2c1C(=O)N(C(C)C)C(C)C. The number of rotatable bonds is 8. The lowest BCUT2D eigenvalue weighted by atomic mass is 9.91. The molecule has 0 spiro atoms. The molecule has 0 saturated heterocycles. The van der Waals surface area contributed by atoms with Gasteiger partial charge in [0.1, 0.15) is 0 Å². The Morgan fingerprint density at radius 1 is 1.04 bits per heavy atom. The first-order valence-corrected chi connectivity index (χ1v) is 10.4. The Morgan fingerprint density at radius 2 is 1.68 bits per heavy atom. The molecule has 2 rings (SSSR count). The third-order valence-corrected chi connectivity index (χ3v) is 5.29. The highest BCUT2D eigenvalue weighted by atomic mass is 16.3. The molecule has 0 aliphatic rings. The molecule has 1 unspecified atom stereocenters. The molecule has 0 aliphatic carbocycles. The van der Waals surface area contributed by atoms with Crippen LogP contribution in [0.15, 0.2) is 30.3 Å². The van der Waals surface area contributed by atoms with Crippen molar-refractivity contribution in [2.24, 2.45) is 0 Å². The summed E-state index contributed by atoms with van der Waals surface area (Å²) < 4.78 is 0. The molecule has 0 bridgehead atoms. The van der Waals surface area contributed by atoms with Gasteiger partial charge in [-0.15, -0.1) is 0 Å². The Hall–Kier alpha value is -2.07. The number of fused-ring (bicyclic) bond motifs is 1. The van der Waals surface area contributed by atoms with Gasteiger partial charge < -0.3 is 14.9 Å². The van der Waals surface area contributed by atoms with Gasteiger partial charge in [-0.25, -0.2) is 0 Å². The number of hydrogen-bond donors (Lipinski definition) is 1. The normalized spacial score (nSPS) is 12.6. The topological polar surface area (TPSA) is 43.8 Å². The van der Waals surface area contributed by atoms with Crippen LogP contribution in [0.5, 0.6) is 0 Å². The van der Waals surface area contributed by atoms with Crippen LogP contribution in [0.1, 0.15) is 75.9 Å². The van der Waals surface area contributed by atoms with Gasteiger partial charge >= 0.3 is 0 Å². The van der Waals surface area contributed by atoms with Crippen molar-refractivity contribution in [2.45, 2.75) is 72.1 Å². The summed E-state index contributed by atoms with van der Waals surface area (Å²) in [5, 5.41) is 12.9. The quantitative estimate of drug-likeness (QED) is 0.664. The van der Waals surface area contributed by atoms with Crippen molar-refractivity contribution in [3.05, 3.63) is 41.5 Å². The van der Waals surface area contributed by atoms with Crippen LogP contribution in [-0.2, 0) is 0 Å². The zero-order valence-corrected chi connectivity index (χ0v) is 18.5. The second-order valence-electron chi connectivity index (χ2n) is 8.36. The van der Waals surface area contributed by atoms with Gasteiger partial charge in [0.2, 0.25) is 0 Å². The first-order valence-electron chi connectivity index (χ1n) is 10.4. The number of anilines is 1. The van der Waals surface area contributed by atoms with Crippen molar-refractivity contribution in [3.63, 3.8) is 0 Å². The van der Waals surface area contributed by atoms with Crippen LogP contribution >= 0.6 is 0 Å². The van der Waals surface area contributed by atoms with Crippen molar-refractivity contribution >= 4 is 22.4 Å². The highest BCUT2D eigenvalue weighted by molar-refractivity contribution is 6.13. The molecular formula is C24H36N2O2. The standard InChI is InChI=1S/C24H36N2O2/c1-8-9-13-21(27)19-15-14-18-11-10-12-20(25(6)7)22(18)23(19)24(28)26(16(2)3)17(4)5/h10-12,14-17,21,27H,8-9,13H2,1-7H3. The van der Waals surface area contributed by atoms with Crippen LogP contribution < -0.4 is 4.90 Å². The minimum absolute atomic E-state index is 0.00421. The van der Waals surface area contributed by atoms with Gasteiger partial charge in [-0.3, -0.25) is 4.79 Å². The fraction of sp³-hybridized carbons (Fsp3) is 0.542. The van der Waals surface area contributed by atoms with E-state index in [-0.39, 0.29) is 18.0 Å². The lowest BCUT2D eigenvalue weighted by Gasteiger charge is -2.33. The Kier molecular flexibility index (Phi) is 7.48. The number of benzene rings is 2. The molecule has 1 amide bonds. The molecule has 28 heavy (non-hydrogen) atoms. The average Bonchev–Trinajstić information content (AvgIpc) is 2.63. The van der Waals surface area contributed by atoms with Gasteiger partial charge in [0, 0.05) is 37.3 Å². The lowest BCUT2D eigenvalue weighted by Crippen LogP contribution is -2.42. The Balaban J connectivity index is 2.81. The van der Waals surface area contributed by atoms with E-state index in [1.54, 1.807) is 0 Å². The van der Waals surface area contributed by atoms with Crippen LogP contribution in [0.25, 0.3) is 10.8 Å². The number of unbranched alkanes of at least 4 members (excludes halogenated alkanes) is 1. The maximum atomic E-state index is 13.8. The Labute approximate surface area is 170 Å². The molecular weight excluding hydrogens is 348 g/mol. The molecule has 0 saturated carbocycles. The number of nitrogens with zero attached hydrogens (tertiary/aromatic N) is 2. The van der Waals surface area contributed by atoms with Crippen LogP contribution in [0.4, 0.5) is 5.69 Å². The molecule has 4 nitrogen and oxygen atoms in total. The van der Waals surface area contributed by atoms with E-state index in [0.29, 0.717) is 12.0 Å². The van der Waals surface area contributed by atoms with E-state index in [0.717, 1.165) is 34.9 Å². The first-order chi connectivity index (χ1) is 13.2. The summed E-state index contributed by atoms with van der Waals surface area (Å²) in [6.07, 6.45) is 1.97. The van der Waals surface area contributed by atoms with Gasteiger partial charge in [-0.05, 0) is 51.1 Å². The van der Waals surface area contributed by atoms with Crippen molar-refractivity contribution in [1.29, 1.82) is 0 Å². The number of carbonyl (C=O) groups is 1. The number of aliphatic hydroxyl groups excluding tert-OH is 1. The summed E-state index contributed by atoms with van der Waals surface area (Å²) in [5.41, 5.74) is 2.39. The zero-order valence-electron chi connectivity index (χ0n) is 18.5. The van der Waals surface area contributed by atoms with E-state index in [9.17, 15) is 9.90 Å². The summed E-state index contributed by atoms with van der Waals surface area (Å²) >= 11 is 0. The Morgan fingerprint density at radius 3 is 2.21 bits per heavy atom. The van der Waals surface area contributed by atoms with E-state index < -0.39 is 6.10 Å². The molecule has 154 valence electrons. The van der Waals surface area contributed by atoms with E-state index in [1.807, 2.05) is 81.9 Å². The molecule has 0 aromatic heterocycles. The number of aliphatic hydroxyl groups is 1. The summed E-state index contributed by atoms with van der Waals surface area (Å²) in [7, 11) is 3.98. The summed E-state index contributed by atoms with van der Waals surface area (Å²) in [4.78, 5) is 17.8. The van der Waals surface area contributed by atoms with E-state index in [2.05, 4.69) is 6.92 Å². The molecule has 0 fully saturated rings. The van der Waals surface area contributed by atoms with Gasteiger partial charge in [-0.2, -0.15) is 0 Å². The van der Waals surface area contributed by atoms with E-state index in [4.69, 9.17) is 0 Å². The fourth-order valence-corrected chi connectivity index (χ4v) is 4.00. The second-order valence-corrected chi connectivity index (χ2v) is 8.36. The van der Waals surface area contributed by atoms with Gasteiger partial charge in [0.25, 0.3) is 5.91 Å². The molecule has 0 aliphatic heterocycles. The Bertz CT molecular complexity index is 804. The number of amides is 1. The van der Waals surface area contributed by atoms with E-state index >= 15 is 0 Å². The smallest absolute Gasteiger partial charge is 0.255 e. The third kappa shape index (κ3) is 4.49. The molecule has 1 N–H and O–H groups in total. The maximum Gasteiger partial charge on any atom is 0.255 e.